The molecule has 1 heterocycles. The highest BCUT2D eigenvalue weighted by molar-refractivity contribution is 7.07. The molecule has 1 aromatic carbocycles. The summed E-state index contributed by atoms with van der Waals surface area (Å²) in [6.45, 7) is 1.26. The van der Waals surface area contributed by atoms with Crippen LogP contribution in [0.3, 0.4) is 0 Å². The predicted octanol–water partition coefficient (Wildman–Crippen LogP) is 2.47. The standard InChI is InChI=1S/C15H16N2O2S/c16-6-7-19-14-3-1-12(2-4-14)9-17-10-15(18)13-5-8-20-11-13/h1-5,8,11,15,17-18H,7,9-10H2. The van der Waals surface area contributed by atoms with Gasteiger partial charge < -0.3 is 15.2 Å². The molecule has 2 N–H and O–H groups in total. The Morgan fingerprint density at radius 1 is 1.30 bits per heavy atom. The number of rotatable bonds is 7. The minimum absolute atomic E-state index is 0.0600. The van der Waals surface area contributed by atoms with Gasteiger partial charge in [-0.2, -0.15) is 16.6 Å². The lowest BCUT2D eigenvalue weighted by atomic mass is 10.2. The van der Waals surface area contributed by atoms with Crippen molar-refractivity contribution in [1.82, 2.24) is 5.32 Å². The fourth-order valence-corrected chi connectivity index (χ4v) is 2.46. The van der Waals surface area contributed by atoms with E-state index in [2.05, 4.69) is 5.32 Å². The first kappa shape index (κ1) is 14.5. The normalized spacial score (nSPS) is 11.8. The van der Waals surface area contributed by atoms with E-state index in [0.29, 0.717) is 18.8 Å². The van der Waals surface area contributed by atoms with Gasteiger partial charge in [-0.15, -0.1) is 0 Å². The highest BCUT2D eigenvalue weighted by Crippen LogP contribution is 2.16. The van der Waals surface area contributed by atoms with Crippen LogP contribution in [0.25, 0.3) is 0 Å². The molecule has 4 nitrogen and oxygen atoms in total. The Morgan fingerprint density at radius 3 is 2.75 bits per heavy atom. The van der Waals surface area contributed by atoms with Crippen LogP contribution in [-0.2, 0) is 6.54 Å². The van der Waals surface area contributed by atoms with Gasteiger partial charge in [0.2, 0.25) is 0 Å². The van der Waals surface area contributed by atoms with Crippen molar-refractivity contribution in [2.45, 2.75) is 12.6 Å². The summed E-state index contributed by atoms with van der Waals surface area (Å²) in [5.41, 5.74) is 2.05. The zero-order valence-corrected chi connectivity index (χ0v) is 11.8. The molecule has 0 spiro atoms. The van der Waals surface area contributed by atoms with Gasteiger partial charge in [-0.3, -0.25) is 0 Å². The molecule has 0 saturated heterocycles. The van der Waals surface area contributed by atoms with E-state index >= 15 is 0 Å². The SMILES string of the molecule is N#CCOc1ccc(CNCC(O)c2ccsc2)cc1. The van der Waals surface area contributed by atoms with Crippen LogP contribution in [0.5, 0.6) is 5.75 Å². The van der Waals surface area contributed by atoms with Gasteiger partial charge in [0.05, 0.1) is 6.10 Å². The molecule has 0 radical (unpaired) electrons. The summed E-state index contributed by atoms with van der Waals surface area (Å²) in [6.07, 6.45) is -0.473. The lowest BCUT2D eigenvalue weighted by Gasteiger charge is -2.10. The summed E-state index contributed by atoms with van der Waals surface area (Å²) in [4.78, 5) is 0. The van der Waals surface area contributed by atoms with E-state index in [-0.39, 0.29) is 6.61 Å². The molecule has 20 heavy (non-hydrogen) atoms. The van der Waals surface area contributed by atoms with Gasteiger partial charge in [-0.25, -0.2) is 0 Å². The maximum Gasteiger partial charge on any atom is 0.174 e. The first-order valence-corrected chi connectivity index (χ1v) is 7.23. The van der Waals surface area contributed by atoms with E-state index in [4.69, 9.17) is 10.00 Å². The van der Waals surface area contributed by atoms with Crippen LogP contribution in [0, 0.1) is 11.3 Å². The summed E-state index contributed by atoms with van der Waals surface area (Å²) >= 11 is 1.58. The molecule has 2 rings (SSSR count). The molecule has 0 bridgehead atoms. The van der Waals surface area contributed by atoms with E-state index in [1.54, 1.807) is 11.3 Å². The summed E-state index contributed by atoms with van der Waals surface area (Å²) in [7, 11) is 0. The highest BCUT2D eigenvalue weighted by Gasteiger charge is 2.06. The highest BCUT2D eigenvalue weighted by atomic mass is 32.1. The Hall–Kier alpha value is -1.87. The molecule has 5 heteroatoms. The number of nitriles is 1. The fraction of sp³-hybridized carbons (Fsp3) is 0.267. The first-order valence-electron chi connectivity index (χ1n) is 6.29. The number of ether oxygens (including phenoxy) is 1. The summed E-state index contributed by atoms with van der Waals surface area (Å²) in [5, 5.41) is 25.5. The quantitative estimate of drug-likeness (QED) is 0.821. The molecule has 2 aromatic rings. The molecule has 0 aliphatic rings. The summed E-state index contributed by atoms with van der Waals surface area (Å²) in [5.74, 6) is 0.689. The van der Waals surface area contributed by atoms with E-state index in [0.717, 1.165) is 11.1 Å². The largest absolute Gasteiger partial charge is 0.479 e. The molecule has 0 aliphatic carbocycles. The maximum absolute atomic E-state index is 9.92. The molecular formula is C15H16N2O2S. The van der Waals surface area contributed by atoms with Crippen molar-refractivity contribution >= 4 is 11.3 Å². The number of hydrogen-bond acceptors (Lipinski definition) is 5. The predicted molar refractivity (Wildman–Crippen MR) is 78.5 cm³/mol. The lowest BCUT2D eigenvalue weighted by molar-refractivity contribution is 0.175. The van der Waals surface area contributed by atoms with Crippen LogP contribution >= 0.6 is 11.3 Å². The van der Waals surface area contributed by atoms with E-state index < -0.39 is 6.10 Å². The van der Waals surface area contributed by atoms with Crippen LogP contribution in [0.15, 0.2) is 41.1 Å². The number of thiophene rings is 1. The second-order valence-electron chi connectivity index (χ2n) is 4.29. The number of aliphatic hydroxyl groups excluding tert-OH is 1. The van der Waals surface area contributed by atoms with Gasteiger partial charge in [0.25, 0.3) is 0 Å². The summed E-state index contributed by atoms with van der Waals surface area (Å²) in [6, 6.07) is 11.4. The second kappa shape index (κ2) is 7.65. The van der Waals surface area contributed by atoms with Crippen molar-refractivity contribution in [3.05, 3.63) is 52.2 Å². The van der Waals surface area contributed by atoms with Crippen molar-refractivity contribution in [3.8, 4) is 11.8 Å². The topological polar surface area (TPSA) is 65.3 Å². The van der Waals surface area contributed by atoms with Crippen LogP contribution in [0.4, 0.5) is 0 Å². The molecule has 1 aromatic heterocycles. The average Bonchev–Trinajstić information content (AvgIpc) is 3.00. The molecule has 0 saturated carbocycles. The minimum Gasteiger partial charge on any atom is -0.479 e. The Bertz CT molecular complexity index is 546. The van der Waals surface area contributed by atoms with Crippen LogP contribution in [0.1, 0.15) is 17.2 Å². The molecular weight excluding hydrogens is 272 g/mol. The molecule has 1 unspecified atom stereocenters. The van der Waals surface area contributed by atoms with Crippen molar-refractivity contribution < 1.29 is 9.84 Å². The van der Waals surface area contributed by atoms with Gasteiger partial charge >= 0.3 is 0 Å². The third kappa shape index (κ3) is 4.35. The zero-order chi connectivity index (χ0) is 14.2. The average molecular weight is 288 g/mol. The minimum atomic E-state index is -0.473. The molecule has 0 amide bonds. The molecule has 1 atom stereocenters. The Balaban J connectivity index is 1.75. The zero-order valence-electron chi connectivity index (χ0n) is 11.0. The van der Waals surface area contributed by atoms with Gasteiger partial charge in [0.15, 0.2) is 6.61 Å². The van der Waals surface area contributed by atoms with Crippen molar-refractivity contribution in [2.24, 2.45) is 0 Å². The van der Waals surface area contributed by atoms with E-state index in [9.17, 15) is 5.11 Å². The van der Waals surface area contributed by atoms with Crippen LogP contribution < -0.4 is 10.1 Å². The van der Waals surface area contributed by atoms with Crippen LogP contribution in [0.2, 0.25) is 0 Å². The maximum atomic E-state index is 9.92. The number of benzene rings is 1. The third-order valence-corrected chi connectivity index (χ3v) is 3.52. The fourth-order valence-electron chi connectivity index (χ4n) is 1.75. The second-order valence-corrected chi connectivity index (χ2v) is 5.07. The first-order chi connectivity index (χ1) is 9.79. The van der Waals surface area contributed by atoms with Gasteiger partial charge in [-0.05, 0) is 40.1 Å². The van der Waals surface area contributed by atoms with Crippen molar-refractivity contribution in [2.75, 3.05) is 13.2 Å². The molecule has 0 fully saturated rings. The Labute approximate surface area is 122 Å². The number of nitrogens with zero attached hydrogens (tertiary/aromatic N) is 1. The van der Waals surface area contributed by atoms with Crippen molar-refractivity contribution in [1.29, 1.82) is 5.26 Å². The Kier molecular flexibility index (Phi) is 5.56. The summed E-state index contributed by atoms with van der Waals surface area (Å²) < 4.78 is 5.18. The van der Waals surface area contributed by atoms with Crippen molar-refractivity contribution in [3.63, 3.8) is 0 Å². The number of hydrogen-bond donors (Lipinski definition) is 2. The molecule has 0 aliphatic heterocycles. The number of nitrogens with one attached hydrogen (secondary N) is 1. The van der Waals surface area contributed by atoms with E-state index in [1.807, 2.05) is 47.2 Å². The van der Waals surface area contributed by atoms with Gasteiger partial charge in [-0.1, -0.05) is 12.1 Å². The van der Waals surface area contributed by atoms with Gasteiger partial charge in [0, 0.05) is 13.1 Å². The van der Waals surface area contributed by atoms with Gasteiger partial charge in [0.1, 0.15) is 11.8 Å². The Morgan fingerprint density at radius 2 is 2.10 bits per heavy atom. The lowest BCUT2D eigenvalue weighted by Crippen LogP contribution is -2.20. The number of aliphatic hydroxyl groups is 1. The van der Waals surface area contributed by atoms with E-state index in [1.165, 1.54) is 0 Å². The third-order valence-electron chi connectivity index (χ3n) is 2.82. The van der Waals surface area contributed by atoms with Crippen LogP contribution in [-0.4, -0.2) is 18.3 Å². The monoisotopic (exact) mass is 288 g/mol. The smallest absolute Gasteiger partial charge is 0.174 e. The molecule has 104 valence electrons.